The molecule has 0 bridgehead atoms. The summed E-state index contributed by atoms with van der Waals surface area (Å²) in [6, 6.07) is 7.84. The lowest BCUT2D eigenvalue weighted by Crippen LogP contribution is -2.14. The maximum Gasteiger partial charge on any atom is 0.236 e. The standard InChI is InChI=1S/C16H17N5O2S2/c1-9-4-5-12(10(2)6-9)17-15-19-20-16(25-15)24-8-14(22)18-13-7-11(3)23-21-13/h4-7H,8H2,1-3H3,(H,17,19)(H,18,21,22). The van der Waals surface area contributed by atoms with Gasteiger partial charge < -0.3 is 15.2 Å². The van der Waals surface area contributed by atoms with Crippen LogP contribution >= 0.6 is 23.1 Å². The molecular formula is C16H17N5O2S2. The molecule has 0 spiro atoms. The third-order valence-electron chi connectivity index (χ3n) is 3.25. The number of hydrogen-bond acceptors (Lipinski definition) is 8. The molecule has 3 aromatic rings. The van der Waals surface area contributed by atoms with Crippen LogP contribution in [0.3, 0.4) is 0 Å². The summed E-state index contributed by atoms with van der Waals surface area (Å²) in [5.74, 6) is 1.12. The van der Waals surface area contributed by atoms with E-state index in [0.717, 1.165) is 15.6 Å². The summed E-state index contributed by atoms with van der Waals surface area (Å²) in [5, 5.41) is 18.6. The van der Waals surface area contributed by atoms with Crippen molar-refractivity contribution < 1.29 is 9.32 Å². The Bertz CT molecular complexity index is 890. The molecule has 0 saturated heterocycles. The quantitative estimate of drug-likeness (QED) is 0.631. The zero-order valence-corrected chi connectivity index (χ0v) is 15.6. The summed E-state index contributed by atoms with van der Waals surface area (Å²) in [6.07, 6.45) is 0. The van der Waals surface area contributed by atoms with Crippen molar-refractivity contribution in [2.75, 3.05) is 16.4 Å². The van der Waals surface area contributed by atoms with Gasteiger partial charge in [-0.2, -0.15) is 0 Å². The van der Waals surface area contributed by atoms with Gasteiger partial charge in [0.05, 0.1) is 5.75 Å². The first-order valence-corrected chi connectivity index (χ1v) is 9.33. The van der Waals surface area contributed by atoms with E-state index < -0.39 is 0 Å². The van der Waals surface area contributed by atoms with Crippen LogP contribution in [0.1, 0.15) is 16.9 Å². The monoisotopic (exact) mass is 375 g/mol. The summed E-state index contributed by atoms with van der Waals surface area (Å²) >= 11 is 2.74. The fourth-order valence-electron chi connectivity index (χ4n) is 2.12. The summed E-state index contributed by atoms with van der Waals surface area (Å²) in [4.78, 5) is 11.9. The SMILES string of the molecule is Cc1ccc(Nc2nnc(SCC(=O)Nc3cc(C)on3)s2)c(C)c1. The molecule has 0 saturated carbocycles. The molecular weight excluding hydrogens is 358 g/mol. The molecule has 3 rings (SSSR count). The molecule has 25 heavy (non-hydrogen) atoms. The van der Waals surface area contributed by atoms with E-state index in [1.165, 1.54) is 28.7 Å². The molecule has 0 radical (unpaired) electrons. The van der Waals surface area contributed by atoms with Crippen LogP contribution in [0.5, 0.6) is 0 Å². The summed E-state index contributed by atoms with van der Waals surface area (Å²) < 4.78 is 5.63. The number of amides is 1. The number of aryl methyl sites for hydroxylation is 3. The number of anilines is 3. The van der Waals surface area contributed by atoms with Crippen LogP contribution in [0, 0.1) is 20.8 Å². The van der Waals surface area contributed by atoms with Crippen LogP contribution in [0.25, 0.3) is 0 Å². The Balaban J connectivity index is 1.53. The van der Waals surface area contributed by atoms with Crippen molar-refractivity contribution in [1.82, 2.24) is 15.4 Å². The molecule has 1 amide bonds. The molecule has 0 atom stereocenters. The van der Waals surface area contributed by atoms with Gasteiger partial charge in [-0.3, -0.25) is 4.79 Å². The van der Waals surface area contributed by atoms with Crippen molar-refractivity contribution in [3.05, 3.63) is 41.2 Å². The van der Waals surface area contributed by atoms with Gasteiger partial charge in [0.15, 0.2) is 10.2 Å². The average molecular weight is 375 g/mol. The van der Waals surface area contributed by atoms with Crippen LogP contribution < -0.4 is 10.6 Å². The van der Waals surface area contributed by atoms with Crippen molar-refractivity contribution in [2.24, 2.45) is 0 Å². The molecule has 0 aliphatic heterocycles. The lowest BCUT2D eigenvalue weighted by molar-refractivity contribution is -0.113. The molecule has 2 N–H and O–H groups in total. The molecule has 0 aliphatic carbocycles. The lowest BCUT2D eigenvalue weighted by atomic mass is 10.1. The first kappa shape index (κ1) is 17.4. The lowest BCUT2D eigenvalue weighted by Gasteiger charge is -2.06. The second-order valence-electron chi connectivity index (χ2n) is 5.48. The van der Waals surface area contributed by atoms with Crippen molar-refractivity contribution in [1.29, 1.82) is 0 Å². The number of benzene rings is 1. The van der Waals surface area contributed by atoms with Crippen molar-refractivity contribution in [3.8, 4) is 0 Å². The van der Waals surface area contributed by atoms with Gasteiger partial charge in [-0.1, -0.05) is 46.0 Å². The Morgan fingerprint density at radius 1 is 1.24 bits per heavy atom. The number of hydrogen-bond donors (Lipinski definition) is 2. The molecule has 130 valence electrons. The zero-order chi connectivity index (χ0) is 17.8. The normalized spacial score (nSPS) is 10.7. The van der Waals surface area contributed by atoms with Crippen LogP contribution in [0.2, 0.25) is 0 Å². The molecule has 7 nitrogen and oxygen atoms in total. The van der Waals surface area contributed by atoms with Gasteiger partial charge in [0.25, 0.3) is 0 Å². The van der Waals surface area contributed by atoms with Gasteiger partial charge in [0.2, 0.25) is 11.0 Å². The first-order chi connectivity index (χ1) is 12.0. The topological polar surface area (TPSA) is 92.9 Å². The van der Waals surface area contributed by atoms with E-state index in [4.69, 9.17) is 4.52 Å². The Morgan fingerprint density at radius 2 is 2.08 bits per heavy atom. The molecule has 0 fully saturated rings. The maximum atomic E-state index is 11.9. The second kappa shape index (κ2) is 7.66. The molecule has 9 heteroatoms. The number of nitrogens with one attached hydrogen (secondary N) is 2. The second-order valence-corrected chi connectivity index (χ2v) is 7.68. The van der Waals surface area contributed by atoms with Gasteiger partial charge in [0, 0.05) is 11.8 Å². The van der Waals surface area contributed by atoms with Gasteiger partial charge in [-0.15, -0.1) is 10.2 Å². The Kier molecular flexibility index (Phi) is 5.34. The van der Waals surface area contributed by atoms with Gasteiger partial charge >= 0.3 is 0 Å². The van der Waals surface area contributed by atoms with Crippen molar-refractivity contribution >= 4 is 45.6 Å². The van der Waals surface area contributed by atoms with E-state index in [0.29, 0.717) is 16.7 Å². The molecule has 2 aromatic heterocycles. The Hall–Kier alpha value is -2.39. The highest BCUT2D eigenvalue weighted by Crippen LogP contribution is 2.29. The number of carbonyl (C=O) groups is 1. The van der Waals surface area contributed by atoms with E-state index in [-0.39, 0.29) is 11.7 Å². The van der Waals surface area contributed by atoms with Gasteiger partial charge in [0.1, 0.15) is 5.76 Å². The van der Waals surface area contributed by atoms with Crippen LogP contribution in [-0.2, 0) is 4.79 Å². The Morgan fingerprint density at radius 3 is 2.80 bits per heavy atom. The van der Waals surface area contributed by atoms with E-state index in [1.54, 1.807) is 13.0 Å². The highest BCUT2D eigenvalue weighted by Gasteiger charge is 2.11. The number of carbonyl (C=O) groups excluding carboxylic acids is 1. The highest BCUT2D eigenvalue weighted by atomic mass is 32.2. The average Bonchev–Trinajstić information content (AvgIpc) is 3.17. The van der Waals surface area contributed by atoms with Gasteiger partial charge in [-0.05, 0) is 32.4 Å². The van der Waals surface area contributed by atoms with E-state index >= 15 is 0 Å². The smallest absolute Gasteiger partial charge is 0.236 e. The van der Waals surface area contributed by atoms with Crippen molar-refractivity contribution in [2.45, 2.75) is 25.1 Å². The highest BCUT2D eigenvalue weighted by molar-refractivity contribution is 8.01. The van der Waals surface area contributed by atoms with Gasteiger partial charge in [-0.25, -0.2) is 0 Å². The summed E-state index contributed by atoms with van der Waals surface area (Å²) in [7, 11) is 0. The third-order valence-corrected chi connectivity index (χ3v) is 5.22. The third kappa shape index (κ3) is 4.80. The largest absolute Gasteiger partial charge is 0.360 e. The first-order valence-electron chi connectivity index (χ1n) is 7.53. The van der Waals surface area contributed by atoms with Crippen LogP contribution in [0.4, 0.5) is 16.6 Å². The zero-order valence-electron chi connectivity index (χ0n) is 14.0. The minimum atomic E-state index is -0.169. The van der Waals surface area contributed by atoms with E-state index in [9.17, 15) is 4.79 Å². The van der Waals surface area contributed by atoms with Crippen LogP contribution in [-0.4, -0.2) is 27.0 Å². The fourth-order valence-corrected chi connectivity index (χ4v) is 3.68. The minimum Gasteiger partial charge on any atom is -0.360 e. The maximum absolute atomic E-state index is 11.9. The molecule has 0 unspecified atom stereocenters. The Labute approximate surface area is 153 Å². The predicted octanol–water partition coefficient (Wildman–Crippen LogP) is 3.93. The van der Waals surface area contributed by atoms with E-state index in [1.807, 2.05) is 19.1 Å². The molecule has 1 aromatic carbocycles. The number of aromatic nitrogens is 3. The summed E-state index contributed by atoms with van der Waals surface area (Å²) in [6.45, 7) is 5.87. The summed E-state index contributed by atoms with van der Waals surface area (Å²) in [5.41, 5.74) is 3.36. The fraction of sp³-hybridized carbons (Fsp3) is 0.250. The number of thioether (sulfide) groups is 1. The molecule has 2 heterocycles. The predicted molar refractivity (Wildman–Crippen MR) is 99.7 cm³/mol. The molecule has 0 aliphatic rings. The van der Waals surface area contributed by atoms with E-state index in [2.05, 4.69) is 39.0 Å². The van der Waals surface area contributed by atoms with Crippen LogP contribution in [0.15, 0.2) is 33.1 Å². The number of nitrogens with zero attached hydrogens (tertiary/aromatic N) is 3. The van der Waals surface area contributed by atoms with Crippen molar-refractivity contribution in [3.63, 3.8) is 0 Å². The number of rotatable bonds is 6. The minimum absolute atomic E-state index is 0.169.